The number of ether oxygens (including phenoxy) is 1. The average molecular weight is 245 g/mol. The molecule has 0 aliphatic carbocycles. The van der Waals surface area contributed by atoms with E-state index in [9.17, 15) is 9.59 Å². The Morgan fingerprint density at radius 1 is 1.50 bits per heavy atom. The van der Waals surface area contributed by atoms with Crippen molar-refractivity contribution in [3.63, 3.8) is 0 Å². The van der Waals surface area contributed by atoms with Gasteiger partial charge in [-0.2, -0.15) is 0 Å². The van der Waals surface area contributed by atoms with Gasteiger partial charge in [0.1, 0.15) is 0 Å². The van der Waals surface area contributed by atoms with Crippen molar-refractivity contribution in [3.8, 4) is 0 Å². The Kier molecular flexibility index (Phi) is 2.73. The van der Waals surface area contributed by atoms with Gasteiger partial charge in [-0.1, -0.05) is 18.7 Å². The topological polar surface area (TPSA) is 46.6 Å². The Hall–Kier alpha value is -2.10. The third-order valence-corrected chi connectivity index (χ3v) is 3.51. The van der Waals surface area contributed by atoms with Crippen molar-refractivity contribution in [3.05, 3.63) is 42.0 Å². The minimum Gasteiger partial charge on any atom is -0.467 e. The molecule has 1 aliphatic heterocycles. The highest BCUT2D eigenvalue weighted by Gasteiger charge is 2.54. The van der Waals surface area contributed by atoms with Crippen LogP contribution >= 0.6 is 0 Å². The van der Waals surface area contributed by atoms with E-state index in [1.807, 2.05) is 25.1 Å². The summed E-state index contributed by atoms with van der Waals surface area (Å²) in [5.41, 5.74) is 0.691. The highest BCUT2D eigenvalue weighted by molar-refractivity contribution is 6.27. The zero-order valence-corrected chi connectivity index (χ0v) is 10.7. The monoisotopic (exact) mass is 245 g/mol. The van der Waals surface area contributed by atoms with Gasteiger partial charge >= 0.3 is 5.97 Å². The summed E-state index contributed by atoms with van der Waals surface area (Å²) < 4.78 is 4.77. The lowest BCUT2D eigenvalue weighted by Crippen LogP contribution is -2.54. The van der Waals surface area contributed by atoms with E-state index < -0.39 is 11.5 Å². The number of carbonyl (C=O) groups excluding carboxylic acids is 2. The fourth-order valence-corrected chi connectivity index (χ4v) is 2.46. The Morgan fingerprint density at radius 2 is 2.17 bits per heavy atom. The summed E-state index contributed by atoms with van der Waals surface area (Å²) in [6.07, 6.45) is 1.35. The lowest BCUT2D eigenvalue weighted by molar-refractivity contribution is -0.143. The molecule has 0 fully saturated rings. The molecule has 0 spiro atoms. The van der Waals surface area contributed by atoms with Crippen LogP contribution in [0.25, 0.3) is 0 Å². The van der Waals surface area contributed by atoms with Gasteiger partial charge in [0.15, 0.2) is 0 Å². The summed E-state index contributed by atoms with van der Waals surface area (Å²) in [6.45, 7) is 5.48. The second kappa shape index (κ2) is 3.98. The fourth-order valence-electron chi connectivity index (χ4n) is 2.46. The number of methoxy groups -OCH3 is 1. The van der Waals surface area contributed by atoms with E-state index >= 15 is 0 Å². The van der Waals surface area contributed by atoms with Gasteiger partial charge in [0.2, 0.25) is 11.3 Å². The van der Waals surface area contributed by atoms with Crippen molar-refractivity contribution in [2.45, 2.75) is 12.5 Å². The molecule has 0 amide bonds. The number of rotatable bonds is 2. The highest BCUT2D eigenvalue weighted by Crippen LogP contribution is 2.40. The summed E-state index contributed by atoms with van der Waals surface area (Å²) in [7, 11) is 2.96. The van der Waals surface area contributed by atoms with E-state index in [2.05, 4.69) is 6.58 Å². The zero-order chi connectivity index (χ0) is 13.5. The number of aryl methyl sites for hydroxylation is 1. The number of Topliss-reactive ketones (excluding diaryl/α,β-unsaturated/α-hetero) is 1. The molecule has 0 saturated heterocycles. The van der Waals surface area contributed by atoms with E-state index in [-0.39, 0.29) is 5.78 Å². The van der Waals surface area contributed by atoms with Crippen molar-refractivity contribution in [1.29, 1.82) is 0 Å². The van der Waals surface area contributed by atoms with Gasteiger partial charge in [-0.05, 0) is 24.6 Å². The fraction of sp³-hybridized carbons (Fsp3) is 0.286. The molecule has 1 unspecified atom stereocenters. The van der Waals surface area contributed by atoms with Crippen molar-refractivity contribution < 1.29 is 14.3 Å². The normalized spacial score (nSPS) is 21.7. The maximum absolute atomic E-state index is 12.6. The number of ketones is 1. The number of nitrogens with zero attached hydrogens (tertiary/aromatic N) is 1. The summed E-state index contributed by atoms with van der Waals surface area (Å²) in [5.74, 6) is -0.888. The van der Waals surface area contributed by atoms with Crippen LogP contribution in [0.2, 0.25) is 0 Å². The molecule has 1 atom stereocenters. The van der Waals surface area contributed by atoms with Gasteiger partial charge < -0.3 is 9.64 Å². The van der Waals surface area contributed by atoms with Crippen LogP contribution in [0.1, 0.15) is 15.9 Å². The first-order valence-electron chi connectivity index (χ1n) is 5.61. The predicted octanol–water partition coefficient (Wildman–Crippen LogP) is 1.73. The average Bonchev–Trinajstić information content (AvgIpc) is 2.60. The standard InChI is InChI=1S/C14H15NO3/c1-5-14(13(17)18-4)12(16)11-9(2)7-6-8-10(11)15(14)3/h5-8H,1H2,2-4H3. The van der Waals surface area contributed by atoms with E-state index in [0.717, 1.165) is 11.3 Å². The molecule has 0 aromatic heterocycles. The Morgan fingerprint density at radius 3 is 2.67 bits per heavy atom. The Balaban J connectivity index is 2.71. The predicted molar refractivity (Wildman–Crippen MR) is 68.9 cm³/mol. The van der Waals surface area contributed by atoms with Crippen molar-refractivity contribution in [2.75, 3.05) is 19.1 Å². The first-order chi connectivity index (χ1) is 8.50. The van der Waals surface area contributed by atoms with Crippen molar-refractivity contribution in [2.24, 2.45) is 0 Å². The lowest BCUT2D eigenvalue weighted by atomic mass is 9.91. The molecular formula is C14H15NO3. The Bertz CT molecular complexity index is 550. The van der Waals surface area contributed by atoms with E-state index in [4.69, 9.17) is 4.74 Å². The van der Waals surface area contributed by atoms with Gasteiger partial charge in [0.25, 0.3) is 0 Å². The molecule has 0 radical (unpaired) electrons. The number of anilines is 1. The SMILES string of the molecule is C=CC1(C(=O)OC)C(=O)c2c(C)cccc2N1C. The number of esters is 1. The highest BCUT2D eigenvalue weighted by atomic mass is 16.5. The van der Waals surface area contributed by atoms with Crippen molar-refractivity contribution in [1.82, 2.24) is 0 Å². The molecule has 4 heteroatoms. The minimum absolute atomic E-state index is 0.278. The van der Waals surface area contributed by atoms with E-state index in [1.165, 1.54) is 13.2 Å². The molecule has 0 saturated carbocycles. The molecule has 0 N–H and O–H groups in total. The van der Waals surface area contributed by atoms with Crippen molar-refractivity contribution >= 4 is 17.4 Å². The molecule has 1 aromatic carbocycles. The van der Waals surface area contributed by atoms with Crippen LogP contribution in [0, 0.1) is 6.92 Å². The molecule has 1 heterocycles. The van der Waals surface area contributed by atoms with Gasteiger partial charge in [-0.15, -0.1) is 0 Å². The largest absolute Gasteiger partial charge is 0.467 e. The van der Waals surface area contributed by atoms with E-state index in [0.29, 0.717) is 5.56 Å². The third-order valence-electron chi connectivity index (χ3n) is 3.51. The molecular weight excluding hydrogens is 230 g/mol. The van der Waals surface area contributed by atoms with Gasteiger partial charge in [-0.3, -0.25) is 4.79 Å². The van der Waals surface area contributed by atoms with Gasteiger partial charge in [-0.25, -0.2) is 4.79 Å². The maximum atomic E-state index is 12.6. The quantitative estimate of drug-likeness (QED) is 0.452. The van der Waals surface area contributed by atoms with Gasteiger partial charge in [0, 0.05) is 18.3 Å². The smallest absolute Gasteiger partial charge is 0.344 e. The van der Waals surface area contributed by atoms with Crippen LogP contribution in [0.15, 0.2) is 30.9 Å². The zero-order valence-electron chi connectivity index (χ0n) is 10.7. The second-order valence-corrected chi connectivity index (χ2v) is 4.32. The molecule has 1 aliphatic rings. The number of hydrogen-bond donors (Lipinski definition) is 0. The lowest BCUT2D eigenvalue weighted by Gasteiger charge is -2.30. The van der Waals surface area contributed by atoms with Crippen LogP contribution < -0.4 is 4.90 Å². The minimum atomic E-state index is -1.44. The number of benzene rings is 1. The van der Waals surface area contributed by atoms with Crippen LogP contribution in [0.4, 0.5) is 5.69 Å². The van der Waals surface area contributed by atoms with E-state index in [1.54, 1.807) is 11.9 Å². The number of fused-ring (bicyclic) bond motifs is 1. The van der Waals surface area contributed by atoms with Crippen LogP contribution in [0.3, 0.4) is 0 Å². The van der Waals surface area contributed by atoms with Crippen LogP contribution in [-0.4, -0.2) is 31.4 Å². The number of hydrogen-bond acceptors (Lipinski definition) is 4. The first-order valence-corrected chi connectivity index (χ1v) is 5.61. The summed E-state index contributed by atoms with van der Waals surface area (Å²) in [6, 6.07) is 5.52. The van der Waals surface area contributed by atoms with Crippen LogP contribution in [0.5, 0.6) is 0 Å². The third kappa shape index (κ3) is 1.26. The molecule has 18 heavy (non-hydrogen) atoms. The van der Waals surface area contributed by atoms with Gasteiger partial charge in [0.05, 0.1) is 7.11 Å². The number of carbonyl (C=O) groups is 2. The summed E-state index contributed by atoms with van der Waals surface area (Å²) in [5, 5.41) is 0. The summed E-state index contributed by atoms with van der Waals surface area (Å²) in [4.78, 5) is 26.2. The second-order valence-electron chi connectivity index (χ2n) is 4.32. The maximum Gasteiger partial charge on any atom is 0.344 e. The molecule has 4 nitrogen and oxygen atoms in total. The summed E-state index contributed by atoms with van der Waals surface area (Å²) >= 11 is 0. The molecule has 1 aromatic rings. The molecule has 0 bridgehead atoms. The molecule has 2 rings (SSSR count). The molecule has 94 valence electrons. The first kappa shape index (κ1) is 12.4. The van der Waals surface area contributed by atoms with Crippen LogP contribution in [-0.2, 0) is 9.53 Å². The Labute approximate surface area is 106 Å². The number of likely N-dealkylation sites (N-methyl/N-ethyl adjacent to an activating group) is 1.